The van der Waals surface area contributed by atoms with Crippen molar-refractivity contribution in [1.29, 1.82) is 0 Å². The van der Waals surface area contributed by atoms with Crippen LogP contribution in [0.4, 0.5) is 5.69 Å². The predicted molar refractivity (Wildman–Crippen MR) is 96.5 cm³/mol. The zero-order valence-corrected chi connectivity index (χ0v) is 14.5. The zero-order chi connectivity index (χ0) is 17.6. The molecular formula is C18H21N3O4. The molecule has 0 bridgehead atoms. The Morgan fingerprint density at radius 1 is 0.960 bits per heavy atom. The van der Waals surface area contributed by atoms with Crippen LogP contribution in [0.5, 0.6) is 28.7 Å². The van der Waals surface area contributed by atoms with E-state index < -0.39 is 0 Å². The van der Waals surface area contributed by atoms with E-state index in [1.54, 1.807) is 33.5 Å². The maximum atomic E-state index is 6.04. The lowest BCUT2D eigenvalue weighted by Crippen LogP contribution is -2.26. The number of benzene rings is 2. The Balaban J connectivity index is 1.89. The van der Waals surface area contributed by atoms with Crippen molar-refractivity contribution in [2.24, 2.45) is 4.99 Å². The molecule has 0 amide bonds. The number of aliphatic imine (C=N–C) groups is 1. The molecule has 0 aromatic heterocycles. The van der Waals surface area contributed by atoms with Gasteiger partial charge in [0.05, 0.1) is 33.6 Å². The van der Waals surface area contributed by atoms with Gasteiger partial charge in [-0.2, -0.15) is 0 Å². The number of rotatable bonds is 6. The van der Waals surface area contributed by atoms with Crippen molar-refractivity contribution in [1.82, 2.24) is 5.32 Å². The van der Waals surface area contributed by atoms with Crippen LogP contribution in [-0.2, 0) is 0 Å². The van der Waals surface area contributed by atoms with E-state index in [1.165, 1.54) is 0 Å². The number of hydrogen-bond donors (Lipinski definition) is 2. The lowest BCUT2D eigenvalue weighted by Gasteiger charge is -2.16. The van der Waals surface area contributed by atoms with Crippen LogP contribution in [-0.4, -0.2) is 40.4 Å². The van der Waals surface area contributed by atoms with Gasteiger partial charge in [-0.1, -0.05) is 12.1 Å². The number of methoxy groups -OCH3 is 3. The van der Waals surface area contributed by atoms with E-state index in [1.807, 2.05) is 24.3 Å². The summed E-state index contributed by atoms with van der Waals surface area (Å²) in [6.45, 7) is 1.59. The topological polar surface area (TPSA) is 73.3 Å². The minimum Gasteiger partial charge on any atom is -0.493 e. The fourth-order valence-electron chi connectivity index (χ4n) is 2.51. The summed E-state index contributed by atoms with van der Waals surface area (Å²) in [5.74, 6) is 3.56. The molecule has 0 aliphatic carbocycles. The SMILES string of the molecule is COc1cc(Oc2ccccc2NC2=NCCN2)cc(OC)c1OC. The van der Waals surface area contributed by atoms with Crippen molar-refractivity contribution in [3.63, 3.8) is 0 Å². The summed E-state index contributed by atoms with van der Waals surface area (Å²) in [5.41, 5.74) is 0.810. The highest BCUT2D eigenvalue weighted by Crippen LogP contribution is 2.42. The number of guanidine groups is 1. The molecule has 2 N–H and O–H groups in total. The molecule has 25 heavy (non-hydrogen) atoms. The first-order valence-corrected chi connectivity index (χ1v) is 7.87. The lowest BCUT2D eigenvalue weighted by atomic mass is 10.2. The molecule has 3 rings (SSSR count). The first-order chi connectivity index (χ1) is 12.2. The van der Waals surface area contributed by atoms with Crippen molar-refractivity contribution in [3.8, 4) is 28.7 Å². The Morgan fingerprint density at radius 3 is 2.28 bits per heavy atom. The van der Waals surface area contributed by atoms with Crippen LogP contribution in [0.15, 0.2) is 41.4 Å². The fourth-order valence-corrected chi connectivity index (χ4v) is 2.51. The molecular weight excluding hydrogens is 322 g/mol. The second kappa shape index (κ2) is 7.65. The first kappa shape index (κ1) is 16.8. The maximum absolute atomic E-state index is 6.04. The van der Waals surface area contributed by atoms with Crippen molar-refractivity contribution >= 4 is 11.6 Å². The molecule has 132 valence electrons. The summed E-state index contributed by atoms with van der Waals surface area (Å²) >= 11 is 0. The molecule has 7 heteroatoms. The van der Waals surface area contributed by atoms with Crippen molar-refractivity contribution in [2.75, 3.05) is 39.7 Å². The van der Waals surface area contributed by atoms with Crippen molar-refractivity contribution < 1.29 is 18.9 Å². The molecule has 0 saturated heterocycles. The third kappa shape index (κ3) is 3.71. The predicted octanol–water partition coefficient (Wildman–Crippen LogP) is 2.88. The smallest absolute Gasteiger partial charge is 0.203 e. The van der Waals surface area contributed by atoms with E-state index in [0.29, 0.717) is 28.7 Å². The second-order valence-corrected chi connectivity index (χ2v) is 5.24. The molecule has 0 unspecified atom stereocenters. The highest BCUT2D eigenvalue weighted by molar-refractivity contribution is 5.95. The van der Waals surface area contributed by atoms with Gasteiger partial charge < -0.3 is 29.6 Å². The van der Waals surface area contributed by atoms with E-state index in [-0.39, 0.29) is 0 Å². The van der Waals surface area contributed by atoms with Gasteiger partial charge in [-0.15, -0.1) is 0 Å². The number of anilines is 1. The van der Waals surface area contributed by atoms with Crippen molar-refractivity contribution in [2.45, 2.75) is 0 Å². The number of para-hydroxylation sites is 2. The largest absolute Gasteiger partial charge is 0.493 e. The minimum absolute atomic E-state index is 0.522. The monoisotopic (exact) mass is 343 g/mol. The molecule has 0 fully saturated rings. The number of nitrogens with one attached hydrogen (secondary N) is 2. The van der Waals surface area contributed by atoms with Gasteiger partial charge in [-0.3, -0.25) is 4.99 Å². The number of hydrogen-bond acceptors (Lipinski definition) is 7. The highest BCUT2D eigenvalue weighted by atomic mass is 16.5. The van der Waals surface area contributed by atoms with E-state index in [2.05, 4.69) is 15.6 Å². The molecule has 1 aliphatic heterocycles. The van der Waals surface area contributed by atoms with Gasteiger partial charge in [0.25, 0.3) is 0 Å². The Bertz CT molecular complexity index is 752. The quantitative estimate of drug-likeness (QED) is 0.840. The summed E-state index contributed by atoms with van der Waals surface area (Å²) < 4.78 is 22.1. The van der Waals surface area contributed by atoms with E-state index in [4.69, 9.17) is 18.9 Å². The van der Waals surface area contributed by atoms with Crippen LogP contribution >= 0.6 is 0 Å². The van der Waals surface area contributed by atoms with Gasteiger partial charge in [0.15, 0.2) is 23.2 Å². The highest BCUT2D eigenvalue weighted by Gasteiger charge is 2.16. The van der Waals surface area contributed by atoms with Gasteiger partial charge in [0.1, 0.15) is 5.75 Å². The molecule has 1 heterocycles. The van der Waals surface area contributed by atoms with Gasteiger partial charge in [0, 0.05) is 18.7 Å². The summed E-state index contributed by atoms with van der Waals surface area (Å²) in [5, 5.41) is 6.41. The van der Waals surface area contributed by atoms with Crippen LogP contribution in [0.2, 0.25) is 0 Å². The van der Waals surface area contributed by atoms with Gasteiger partial charge >= 0.3 is 0 Å². The molecule has 0 spiro atoms. The summed E-state index contributed by atoms with van der Waals surface area (Å²) in [6, 6.07) is 11.1. The fraction of sp³-hybridized carbons (Fsp3) is 0.278. The van der Waals surface area contributed by atoms with Crippen LogP contribution in [0.1, 0.15) is 0 Å². The average molecular weight is 343 g/mol. The lowest BCUT2D eigenvalue weighted by molar-refractivity contribution is 0.321. The Morgan fingerprint density at radius 2 is 1.68 bits per heavy atom. The van der Waals surface area contributed by atoms with E-state index >= 15 is 0 Å². The third-order valence-corrected chi connectivity index (χ3v) is 3.68. The van der Waals surface area contributed by atoms with E-state index in [9.17, 15) is 0 Å². The Hall–Kier alpha value is -3.09. The first-order valence-electron chi connectivity index (χ1n) is 7.87. The molecule has 0 radical (unpaired) electrons. The standard InChI is InChI=1S/C18H21N3O4/c1-22-15-10-12(11-16(23-2)17(15)24-3)25-14-7-5-4-6-13(14)21-18-19-8-9-20-18/h4-7,10-11H,8-9H2,1-3H3,(H2,19,20,21). The Labute approximate surface area is 146 Å². The number of nitrogens with zero attached hydrogens (tertiary/aromatic N) is 1. The van der Waals surface area contributed by atoms with Crippen LogP contribution in [0, 0.1) is 0 Å². The Kier molecular flexibility index (Phi) is 5.13. The molecule has 0 saturated carbocycles. The minimum atomic E-state index is 0.522. The normalized spacial score (nSPS) is 12.8. The molecule has 0 atom stereocenters. The third-order valence-electron chi connectivity index (χ3n) is 3.68. The zero-order valence-electron chi connectivity index (χ0n) is 14.5. The molecule has 2 aromatic rings. The molecule has 1 aliphatic rings. The van der Waals surface area contributed by atoms with Gasteiger partial charge in [-0.25, -0.2) is 0 Å². The summed E-state index contributed by atoms with van der Waals surface area (Å²) in [4.78, 5) is 4.34. The van der Waals surface area contributed by atoms with Crippen LogP contribution in [0.25, 0.3) is 0 Å². The van der Waals surface area contributed by atoms with E-state index in [0.717, 1.165) is 24.7 Å². The maximum Gasteiger partial charge on any atom is 0.203 e. The van der Waals surface area contributed by atoms with Crippen LogP contribution < -0.4 is 29.6 Å². The van der Waals surface area contributed by atoms with Gasteiger partial charge in [-0.05, 0) is 12.1 Å². The molecule has 2 aromatic carbocycles. The second-order valence-electron chi connectivity index (χ2n) is 5.24. The molecule has 7 nitrogen and oxygen atoms in total. The van der Waals surface area contributed by atoms with Crippen molar-refractivity contribution in [3.05, 3.63) is 36.4 Å². The summed E-state index contributed by atoms with van der Waals surface area (Å²) in [6.07, 6.45) is 0. The summed E-state index contributed by atoms with van der Waals surface area (Å²) in [7, 11) is 4.70. The van der Waals surface area contributed by atoms with Gasteiger partial charge in [0.2, 0.25) is 5.75 Å². The van der Waals surface area contributed by atoms with Crippen LogP contribution in [0.3, 0.4) is 0 Å². The number of ether oxygens (including phenoxy) is 4. The average Bonchev–Trinajstić information content (AvgIpc) is 3.15.